The first-order valence-corrected chi connectivity index (χ1v) is 6.87. The summed E-state index contributed by atoms with van der Waals surface area (Å²) in [6.07, 6.45) is 0. The van der Waals surface area contributed by atoms with Crippen molar-refractivity contribution in [2.24, 2.45) is 0 Å². The summed E-state index contributed by atoms with van der Waals surface area (Å²) in [4.78, 5) is 11.7. The van der Waals surface area contributed by atoms with Crippen LogP contribution in [0.1, 0.15) is 11.4 Å². The SMILES string of the molecule is Cc1nn(CNC(=O)Nc2ccc(F)cc2F)c(C)c1Br. The molecule has 0 unspecified atom stereocenters. The summed E-state index contributed by atoms with van der Waals surface area (Å²) in [7, 11) is 0. The average molecular weight is 359 g/mol. The fourth-order valence-electron chi connectivity index (χ4n) is 1.73. The van der Waals surface area contributed by atoms with Crippen molar-refractivity contribution in [2.45, 2.75) is 20.5 Å². The highest BCUT2D eigenvalue weighted by molar-refractivity contribution is 9.10. The first-order valence-electron chi connectivity index (χ1n) is 6.08. The Hall–Kier alpha value is -1.96. The second-order valence-electron chi connectivity index (χ2n) is 4.40. The van der Waals surface area contributed by atoms with Gasteiger partial charge in [0.05, 0.1) is 21.5 Å². The van der Waals surface area contributed by atoms with Gasteiger partial charge in [0.15, 0.2) is 0 Å². The lowest BCUT2D eigenvalue weighted by Crippen LogP contribution is -2.31. The van der Waals surface area contributed by atoms with Crippen LogP contribution in [0.4, 0.5) is 19.3 Å². The van der Waals surface area contributed by atoms with E-state index in [1.165, 1.54) is 0 Å². The molecule has 1 aromatic carbocycles. The standard InChI is InChI=1S/C13H13BrF2N4O/c1-7-12(14)8(2)20(19-7)6-17-13(21)18-11-4-3-9(15)5-10(11)16/h3-5H,6H2,1-2H3,(H2,17,18,21). The number of aryl methyl sites for hydroxylation is 1. The number of aromatic nitrogens is 2. The van der Waals surface area contributed by atoms with Crippen molar-refractivity contribution in [3.05, 3.63) is 45.7 Å². The van der Waals surface area contributed by atoms with E-state index in [9.17, 15) is 13.6 Å². The van der Waals surface area contributed by atoms with Crippen molar-refractivity contribution >= 4 is 27.6 Å². The van der Waals surface area contributed by atoms with Gasteiger partial charge in [-0.25, -0.2) is 18.3 Å². The lowest BCUT2D eigenvalue weighted by atomic mass is 10.3. The van der Waals surface area contributed by atoms with Gasteiger partial charge in [0, 0.05) is 6.07 Å². The van der Waals surface area contributed by atoms with E-state index in [4.69, 9.17) is 0 Å². The van der Waals surface area contributed by atoms with E-state index in [0.29, 0.717) is 6.07 Å². The Balaban J connectivity index is 1.97. The smallest absolute Gasteiger partial charge is 0.318 e. The Bertz CT molecular complexity index is 687. The van der Waals surface area contributed by atoms with Gasteiger partial charge in [0.1, 0.15) is 18.3 Å². The maximum absolute atomic E-state index is 13.4. The van der Waals surface area contributed by atoms with Gasteiger partial charge in [0.25, 0.3) is 0 Å². The van der Waals surface area contributed by atoms with Crippen LogP contribution >= 0.6 is 15.9 Å². The third kappa shape index (κ3) is 3.57. The van der Waals surface area contributed by atoms with Crippen LogP contribution in [0.5, 0.6) is 0 Å². The summed E-state index contributed by atoms with van der Waals surface area (Å²) in [5, 5.41) is 9.07. The van der Waals surface area contributed by atoms with Gasteiger partial charge in [-0.05, 0) is 41.9 Å². The number of carbonyl (C=O) groups excluding carboxylic acids is 1. The molecule has 0 aliphatic carbocycles. The number of benzene rings is 1. The van der Waals surface area contributed by atoms with E-state index in [2.05, 4.69) is 31.7 Å². The van der Waals surface area contributed by atoms with Gasteiger partial charge >= 0.3 is 6.03 Å². The summed E-state index contributed by atoms with van der Waals surface area (Å²) in [5.74, 6) is -1.54. The monoisotopic (exact) mass is 358 g/mol. The molecule has 0 fully saturated rings. The molecule has 8 heteroatoms. The van der Waals surface area contributed by atoms with Crippen LogP contribution in [0.2, 0.25) is 0 Å². The fraction of sp³-hybridized carbons (Fsp3) is 0.231. The maximum atomic E-state index is 13.4. The lowest BCUT2D eigenvalue weighted by Gasteiger charge is -2.09. The van der Waals surface area contributed by atoms with E-state index in [1.807, 2.05) is 13.8 Å². The van der Waals surface area contributed by atoms with Crippen molar-refractivity contribution in [2.75, 3.05) is 5.32 Å². The third-order valence-corrected chi connectivity index (χ3v) is 4.01. The molecule has 0 bridgehead atoms. The van der Waals surface area contributed by atoms with E-state index >= 15 is 0 Å². The molecule has 1 aromatic heterocycles. The normalized spacial score (nSPS) is 10.5. The van der Waals surface area contributed by atoms with Crippen LogP contribution in [0.3, 0.4) is 0 Å². The zero-order chi connectivity index (χ0) is 15.6. The first kappa shape index (κ1) is 15.4. The predicted octanol–water partition coefficient (Wildman–Crippen LogP) is 3.32. The molecule has 1 heterocycles. The van der Waals surface area contributed by atoms with Crippen LogP contribution in [-0.2, 0) is 6.67 Å². The molecular formula is C13H13BrF2N4O. The van der Waals surface area contributed by atoms with Crippen molar-refractivity contribution in [1.82, 2.24) is 15.1 Å². The van der Waals surface area contributed by atoms with Gasteiger partial charge in [-0.2, -0.15) is 5.10 Å². The molecule has 0 spiro atoms. The van der Waals surface area contributed by atoms with Crippen LogP contribution in [-0.4, -0.2) is 15.8 Å². The minimum absolute atomic E-state index is 0.0940. The van der Waals surface area contributed by atoms with Crippen LogP contribution in [0.25, 0.3) is 0 Å². The Morgan fingerprint density at radius 2 is 2.10 bits per heavy atom. The molecule has 2 rings (SSSR count). The number of halogens is 3. The number of nitrogens with one attached hydrogen (secondary N) is 2. The average Bonchev–Trinajstić information content (AvgIpc) is 2.67. The molecule has 0 saturated carbocycles. The number of hydrogen-bond donors (Lipinski definition) is 2. The second-order valence-corrected chi connectivity index (χ2v) is 5.19. The molecule has 112 valence electrons. The number of urea groups is 1. The number of amides is 2. The summed E-state index contributed by atoms with van der Waals surface area (Å²) in [6, 6.07) is 2.32. The summed E-state index contributed by atoms with van der Waals surface area (Å²) >= 11 is 3.38. The maximum Gasteiger partial charge on any atom is 0.320 e. The number of carbonyl (C=O) groups is 1. The molecule has 0 saturated heterocycles. The Kier molecular flexibility index (Phi) is 4.56. The van der Waals surface area contributed by atoms with Gasteiger partial charge in [-0.1, -0.05) is 0 Å². The Labute approximate surface area is 128 Å². The predicted molar refractivity (Wildman–Crippen MR) is 77.9 cm³/mol. The van der Waals surface area contributed by atoms with Gasteiger partial charge in [-0.3, -0.25) is 0 Å². The summed E-state index contributed by atoms with van der Waals surface area (Å²) in [6.45, 7) is 3.82. The summed E-state index contributed by atoms with van der Waals surface area (Å²) in [5.41, 5.74) is 1.57. The largest absolute Gasteiger partial charge is 0.320 e. The topological polar surface area (TPSA) is 59.0 Å². The van der Waals surface area contributed by atoms with Crippen LogP contribution in [0, 0.1) is 25.5 Å². The lowest BCUT2D eigenvalue weighted by molar-refractivity contribution is 0.248. The van der Waals surface area contributed by atoms with E-state index in [-0.39, 0.29) is 12.4 Å². The molecule has 21 heavy (non-hydrogen) atoms. The second kappa shape index (κ2) is 6.21. The zero-order valence-electron chi connectivity index (χ0n) is 11.4. The molecular weight excluding hydrogens is 346 g/mol. The van der Waals surface area contributed by atoms with Crippen LogP contribution < -0.4 is 10.6 Å². The highest BCUT2D eigenvalue weighted by Crippen LogP contribution is 2.19. The van der Waals surface area contributed by atoms with Gasteiger partial charge in [0.2, 0.25) is 0 Å². The third-order valence-electron chi connectivity index (χ3n) is 2.86. The number of nitrogens with zero attached hydrogens (tertiary/aromatic N) is 2. The minimum Gasteiger partial charge on any atom is -0.318 e. The highest BCUT2D eigenvalue weighted by Gasteiger charge is 2.11. The molecule has 2 aromatic rings. The highest BCUT2D eigenvalue weighted by atomic mass is 79.9. The van der Waals surface area contributed by atoms with Crippen molar-refractivity contribution in [3.63, 3.8) is 0 Å². The van der Waals surface area contributed by atoms with Gasteiger partial charge < -0.3 is 10.6 Å². The number of anilines is 1. The number of rotatable bonds is 3. The van der Waals surface area contributed by atoms with Crippen molar-refractivity contribution in [3.8, 4) is 0 Å². The Morgan fingerprint density at radius 1 is 1.38 bits per heavy atom. The molecule has 2 amide bonds. The van der Waals surface area contributed by atoms with Crippen molar-refractivity contribution < 1.29 is 13.6 Å². The van der Waals surface area contributed by atoms with E-state index in [0.717, 1.165) is 28.0 Å². The Morgan fingerprint density at radius 3 is 2.67 bits per heavy atom. The molecule has 0 aliphatic heterocycles. The molecule has 0 radical (unpaired) electrons. The molecule has 2 N–H and O–H groups in total. The van der Waals surface area contributed by atoms with Crippen molar-refractivity contribution in [1.29, 1.82) is 0 Å². The summed E-state index contributed by atoms with van der Waals surface area (Å²) < 4.78 is 28.6. The number of hydrogen-bond acceptors (Lipinski definition) is 2. The molecule has 0 aliphatic rings. The quantitative estimate of drug-likeness (QED) is 0.883. The molecule has 0 atom stereocenters. The van der Waals surface area contributed by atoms with Gasteiger partial charge in [-0.15, -0.1) is 0 Å². The zero-order valence-corrected chi connectivity index (χ0v) is 13.0. The van der Waals surface area contributed by atoms with Crippen LogP contribution in [0.15, 0.2) is 22.7 Å². The molecule has 5 nitrogen and oxygen atoms in total. The van der Waals surface area contributed by atoms with E-state index in [1.54, 1.807) is 4.68 Å². The fourth-order valence-corrected chi connectivity index (χ4v) is 2.02. The first-order chi connectivity index (χ1) is 9.88. The minimum atomic E-state index is -0.834. The van der Waals surface area contributed by atoms with E-state index < -0.39 is 17.7 Å².